The van der Waals surface area contributed by atoms with E-state index in [1.54, 1.807) is 29.4 Å². The number of unbranched alkanes of at least 4 members (excludes halogenated alkanes) is 3. The number of carbonyl (C=O) groups excluding carboxylic acids is 2. The highest BCUT2D eigenvalue weighted by molar-refractivity contribution is 5.91. The van der Waals surface area contributed by atoms with Crippen LogP contribution in [-0.2, 0) is 14.3 Å². The summed E-state index contributed by atoms with van der Waals surface area (Å²) >= 11 is 0. The van der Waals surface area contributed by atoms with Crippen LogP contribution in [0.3, 0.4) is 0 Å². The van der Waals surface area contributed by atoms with Crippen LogP contribution in [0.5, 0.6) is 0 Å². The Hall–Kier alpha value is -2.04. The third-order valence-electron chi connectivity index (χ3n) is 3.34. The van der Waals surface area contributed by atoms with Crippen LogP contribution in [0.1, 0.15) is 44.8 Å². The minimum atomic E-state index is -0.304. The summed E-state index contributed by atoms with van der Waals surface area (Å²) in [5.74, 6) is 0.213. The first-order valence-corrected chi connectivity index (χ1v) is 7.74. The summed E-state index contributed by atoms with van der Waals surface area (Å²) in [5, 5.41) is 0. The first kappa shape index (κ1) is 18.0. The third-order valence-corrected chi connectivity index (χ3v) is 3.34. The van der Waals surface area contributed by atoms with Crippen molar-refractivity contribution in [1.82, 2.24) is 4.90 Å². The largest absolute Gasteiger partial charge is 0.469 e. The molecule has 1 heterocycles. The molecule has 1 aromatic heterocycles. The van der Waals surface area contributed by atoms with Crippen LogP contribution < -0.4 is 0 Å². The lowest BCUT2D eigenvalue weighted by Gasteiger charge is -2.20. The van der Waals surface area contributed by atoms with Crippen molar-refractivity contribution >= 4 is 18.0 Å². The normalized spacial score (nSPS) is 10.8. The Labute approximate surface area is 131 Å². The summed E-state index contributed by atoms with van der Waals surface area (Å²) in [6, 6.07) is 3.55. The molecule has 5 heteroatoms. The van der Waals surface area contributed by atoms with Gasteiger partial charge in [-0.2, -0.15) is 0 Å². The number of methoxy groups -OCH3 is 1. The highest BCUT2D eigenvalue weighted by Gasteiger charge is 2.12. The first-order chi connectivity index (χ1) is 10.7. The second-order valence-corrected chi connectivity index (χ2v) is 5.06. The maximum atomic E-state index is 12.2. The van der Waals surface area contributed by atoms with Crippen molar-refractivity contribution in [2.45, 2.75) is 39.0 Å². The standard InChI is InChI=1S/C17H25NO4/c1-3-4-5-6-12-18(13-11-17(20)21-2)16(19)10-9-15-8-7-14-22-15/h7-10,14H,3-6,11-13H2,1-2H3/b10-9+. The molecule has 0 atom stereocenters. The number of carbonyl (C=O) groups is 2. The lowest BCUT2D eigenvalue weighted by Crippen LogP contribution is -2.32. The Morgan fingerprint density at radius 2 is 2.09 bits per heavy atom. The molecule has 0 N–H and O–H groups in total. The van der Waals surface area contributed by atoms with Gasteiger partial charge in [-0.1, -0.05) is 26.2 Å². The lowest BCUT2D eigenvalue weighted by molar-refractivity contribution is -0.141. The molecule has 0 unspecified atom stereocenters. The average molecular weight is 307 g/mol. The molecule has 0 radical (unpaired) electrons. The Balaban J connectivity index is 2.53. The van der Waals surface area contributed by atoms with E-state index < -0.39 is 0 Å². The molecule has 1 rings (SSSR count). The smallest absolute Gasteiger partial charge is 0.307 e. The van der Waals surface area contributed by atoms with Crippen LogP contribution in [0.15, 0.2) is 28.9 Å². The molecule has 1 amide bonds. The minimum Gasteiger partial charge on any atom is -0.469 e. The van der Waals surface area contributed by atoms with E-state index in [0.717, 1.165) is 25.7 Å². The minimum absolute atomic E-state index is 0.114. The molecule has 122 valence electrons. The second-order valence-electron chi connectivity index (χ2n) is 5.06. The molecule has 0 saturated carbocycles. The zero-order chi connectivity index (χ0) is 16.2. The SMILES string of the molecule is CCCCCCN(CCC(=O)OC)C(=O)/C=C/c1ccco1. The average Bonchev–Trinajstić information content (AvgIpc) is 3.05. The van der Waals surface area contributed by atoms with Crippen molar-refractivity contribution in [3.05, 3.63) is 30.2 Å². The van der Waals surface area contributed by atoms with Crippen molar-refractivity contribution < 1.29 is 18.7 Å². The predicted molar refractivity (Wildman–Crippen MR) is 85.1 cm³/mol. The highest BCUT2D eigenvalue weighted by atomic mass is 16.5. The quantitative estimate of drug-likeness (QED) is 0.378. The van der Waals surface area contributed by atoms with Crippen molar-refractivity contribution in [2.24, 2.45) is 0 Å². The molecule has 5 nitrogen and oxygen atoms in total. The van der Waals surface area contributed by atoms with Crippen LogP contribution in [-0.4, -0.2) is 37.0 Å². The van der Waals surface area contributed by atoms with Gasteiger partial charge in [-0.05, 0) is 24.6 Å². The third kappa shape index (κ3) is 7.11. The molecule has 0 aromatic carbocycles. The molecule has 0 aliphatic rings. The number of rotatable bonds is 10. The number of furan rings is 1. The number of esters is 1. The van der Waals surface area contributed by atoms with Crippen molar-refractivity contribution in [3.8, 4) is 0 Å². The van der Waals surface area contributed by atoms with Crippen LogP contribution in [0.4, 0.5) is 0 Å². The van der Waals surface area contributed by atoms with Gasteiger partial charge in [-0.15, -0.1) is 0 Å². The summed E-state index contributed by atoms with van der Waals surface area (Å²) < 4.78 is 9.79. The zero-order valence-corrected chi connectivity index (χ0v) is 13.4. The molecular weight excluding hydrogens is 282 g/mol. The maximum absolute atomic E-state index is 12.2. The number of hydrogen-bond acceptors (Lipinski definition) is 4. The van der Waals surface area contributed by atoms with E-state index in [4.69, 9.17) is 4.42 Å². The molecule has 0 bridgehead atoms. The van der Waals surface area contributed by atoms with E-state index in [1.165, 1.54) is 13.2 Å². The van der Waals surface area contributed by atoms with Gasteiger partial charge in [0.05, 0.1) is 19.8 Å². The van der Waals surface area contributed by atoms with Gasteiger partial charge >= 0.3 is 5.97 Å². The first-order valence-electron chi connectivity index (χ1n) is 7.74. The van der Waals surface area contributed by atoms with Crippen molar-refractivity contribution in [1.29, 1.82) is 0 Å². The zero-order valence-electron chi connectivity index (χ0n) is 13.4. The van der Waals surface area contributed by atoms with Gasteiger partial charge in [-0.3, -0.25) is 9.59 Å². The van der Waals surface area contributed by atoms with Gasteiger partial charge in [0.1, 0.15) is 5.76 Å². The topological polar surface area (TPSA) is 59.8 Å². The summed E-state index contributed by atoms with van der Waals surface area (Å²) in [7, 11) is 1.35. The summed E-state index contributed by atoms with van der Waals surface area (Å²) in [5.41, 5.74) is 0. The van der Waals surface area contributed by atoms with Crippen molar-refractivity contribution in [2.75, 3.05) is 20.2 Å². The van der Waals surface area contributed by atoms with Gasteiger partial charge in [0.25, 0.3) is 0 Å². The van der Waals surface area contributed by atoms with Gasteiger partial charge in [0.15, 0.2) is 0 Å². The van der Waals surface area contributed by atoms with Crippen LogP contribution in [0, 0.1) is 0 Å². The van der Waals surface area contributed by atoms with E-state index in [1.807, 2.05) is 0 Å². The van der Waals surface area contributed by atoms with Gasteiger partial charge in [0, 0.05) is 19.2 Å². The van der Waals surface area contributed by atoms with E-state index in [0.29, 0.717) is 18.8 Å². The molecule has 0 saturated heterocycles. The number of hydrogen-bond donors (Lipinski definition) is 0. The van der Waals surface area contributed by atoms with E-state index in [2.05, 4.69) is 11.7 Å². The summed E-state index contributed by atoms with van der Waals surface area (Å²) in [6.45, 7) is 3.17. The highest BCUT2D eigenvalue weighted by Crippen LogP contribution is 2.06. The van der Waals surface area contributed by atoms with Crippen LogP contribution >= 0.6 is 0 Å². The molecule has 0 aliphatic heterocycles. The van der Waals surface area contributed by atoms with E-state index >= 15 is 0 Å². The van der Waals surface area contributed by atoms with Gasteiger partial charge in [-0.25, -0.2) is 0 Å². The number of ether oxygens (including phenoxy) is 1. The fourth-order valence-electron chi connectivity index (χ4n) is 2.03. The molecule has 0 spiro atoms. The van der Waals surface area contributed by atoms with Gasteiger partial charge < -0.3 is 14.1 Å². The van der Waals surface area contributed by atoms with Gasteiger partial charge in [0.2, 0.25) is 5.91 Å². The monoisotopic (exact) mass is 307 g/mol. The fraction of sp³-hybridized carbons (Fsp3) is 0.529. The Kier molecular flexibility index (Phi) is 8.72. The van der Waals surface area contributed by atoms with Crippen molar-refractivity contribution in [3.63, 3.8) is 0 Å². The Bertz CT molecular complexity index is 465. The molecule has 1 aromatic rings. The molecule has 0 fully saturated rings. The van der Waals surface area contributed by atoms with E-state index in [9.17, 15) is 9.59 Å². The number of nitrogens with zero attached hydrogens (tertiary/aromatic N) is 1. The maximum Gasteiger partial charge on any atom is 0.307 e. The summed E-state index contributed by atoms with van der Waals surface area (Å²) in [6.07, 6.45) is 9.22. The van der Waals surface area contributed by atoms with Crippen LogP contribution in [0.2, 0.25) is 0 Å². The molecular formula is C17H25NO4. The summed E-state index contributed by atoms with van der Waals surface area (Å²) in [4.78, 5) is 25.2. The number of amides is 1. The van der Waals surface area contributed by atoms with E-state index in [-0.39, 0.29) is 18.3 Å². The van der Waals surface area contributed by atoms with Crippen LogP contribution in [0.25, 0.3) is 6.08 Å². The molecule has 0 aliphatic carbocycles. The second kappa shape index (κ2) is 10.7. The Morgan fingerprint density at radius 1 is 1.27 bits per heavy atom. The fourth-order valence-corrected chi connectivity index (χ4v) is 2.03. The Morgan fingerprint density at radius 3 is 2.73 bits per heavy atom. The molecule has 22 heavy (non-hydrogen) atoms. The predicted octanol–water partition coefficient (Wildman–Crippen LogP) is 3.26. The lowest BCUT2D eigenvalue weighted by atomic mass is 10.2.